The summed E-state index contributed by atoms with van der Waals surface area (Å²) in [5.74, 6) is 1.40. The molecule has 212 valence electrons. The minimum absolute atomic E-state index is 0. The quantitative estimate of drug-likeness (QED) is 0.248. The van der Waals surface area contributed by atoms with E-state index in [1.54, 1.807) is 6.33 Å². The summed E-state index contributed by atoms with van der Waals surface area (Å²) in [4.78, 5) is 18.7. The van der Waals surface area contributed by atoms with Crippen LogP contribution in [0.2, 0.25) is 5.02 Å². The Balaban J connectivity index is 0.00000337. The fourth-order valence-electron chi connectivity index (χ4n) is 5.31. The molecule has 0 bridgehead atoms. The molecule has 8 nitrogen and oxygen atoms in total. The first-order chi connectivity index (χ1) is 19.6. The van der Waals surface area contributed by atoms with Crippen molar-refractivity contribution in [2.75, 3.05) is 49.5 Å². The average Bonchev–Trinajstić information content (AvgIpc) is 3.39. The molecule has 3 heterocycles. The molecule has 1 fully saturated rings. The van der Waals surface area contributed by atoms with Crippen molar-refractivity contribution in [1.29, 1.82) is 0 Å². The molecule has 0 amide bonds. The van der Waals surface area contributed by atoms with Crippen molar-refractivity contribution < 1.29 is 5.11 Å². The number of fused-ring (bicyclic) bond motifs is 1. The summed E-state index contributed by atoms with van der Waals surface area (Å²) in [7, 11) is 0. The highest BCUT2D eigenvalue weighted by molar-refractivity contribution is 6.31. The van der Waals surface area contributed by atoms with Crippen LogP contribution in [0.5, 0.6) is 0 Å². The number of aromatic nitrogens is 4. The highest BCUT2D eigenvalue weighted by atomic mass is 35.5. The van der Waals surface area contributed by atoms with Gasteiger partial charge in [-0.1, -0.05) is 66.2 Å². The second-order valence-corrected chi connectivity index (χ2v) is 10.5. The van der Waals surface area contributed by atoms with E-state index in [1.807, 2.05) is 72.8 Å². The predicted octanol–water partition coefficient (Wildman–Crippen LogP) is 5.46. The molecule has 6 rings (SSSR count). The van der Waals surface area contributed by atoms with Crippen molar-refractivity contribution in [2.24, 2.45) is 0 Å². The van der Waals surface area contributed by atoms with E-state index >= 15 is 0 Å². The Kier molecular flexibility index (Phi) is 9.05. The number of hydrogen-bond donors (Lipinski definition) is 2. The second kappa shape index (κ2) is 12.9. The van der Waals surface area contributed by atoms with Crippen molar-refractivity contribution in [3.63, 3.8) is 0 Å². The van der Waals surface area contributed by atoms with Gasteiger partial charge in [-0.25, -0.2) is 15.0 Å². The molecule has 2 N–H and O–H groups in total. The lowest BCUT2D eigenvalue weighted by Crippen LogP contribution is -2.49. The lowest BCUT2D eigenvalue weighted by Gasteiger charge is -2.37. The van der Waals surface area contributed by atoms with Gasteiger partial charge in [-0.15, -0.1) is 12.4 Å². The topological polar surface area (TPSA) is 82.3 Å². The molecule has 0 radical (unpaired) electrons. The molecule has 41 heavy (non-hydrogen) atoms. The Morgan fingerprint density at radius 1 is 0.902 bits per heavy atom. The fraction of sp³-hybridized carbons (Fsp3) is 0.258. The summed E-state index contributed by atoms with van der Waals surface area (Å²) in [6, 6.07) is 26.2. The van der Waals surface area contributed by atoms with E-state index in [-0.39, 0.29) is 12.4 Å². The molecule has 2 aromatic heterocycles. The van der Waals surface area contributed by atoms with Crippen LogP contribution in [0.25, 0.3) is 28.2 Å². The van der Waals surface area contributed by atoms with Crippen LogP contribution in [0, 0.1) is 6.92 Å². The molecule has 1 aliphatic rings. The summed E-state index contributed by atoms with van der Waals surface area (Å²) in [6.45, 7) is 6.55. The molecule has 10 heteroatoms. The van der Waals surface area contributed by atoms with E-state index in [9.17, 15) is 5.11 Å². The van der Waals surface area contributed by atoms with Crippen LogP contribution in [-0.2, 0) is 0 Å². The van der Waals surface area contributed by atoms with Gasteiger partial charge in [0.05, 0.1) is 6.10 Å². The SMILES string of the molecule is Cc1c(Cl)cccc1N1CCN(CC(O)CNc2ncnc3c2nc(-c2ccccc2)n3-c2ccccc2)CC1.Cl. The lowest BCUT2D eigenvalue weighted by molar-refractivity contribution is 0.118. The van der Waals surface area contributed by atoms with Crippen molar-refractivity contribution >= 4 is 46.7 Å². The molecule has 0 saturated carbocycles. The number of nitrogens with zero attached hydrogens (tertiary/aromatic N) is 6. The lowest BCUT2D eigenvalue weighted by atomic mass is 10.1. The smallest absolute Gasteiger partial charge is 0.170 e. The van der Waals surface area contributed by atoms with E-state index in [1.165, 1.54) is 5.69 Å². The number of nitrogens with one attached hydrogen (secondary N) is 1. The largest absolute Gasteiger partial charge is 0.390 e. The number of benzene rings is 3. The minimum Gasteiger partial charge on any atom is -0.390 e. The number of halogens is 2. The van der Waals surface area contributed by atoms with Crippen LogP contribution >= 0.6 is 24.0 Å². The zero-order valence-corrected chi connectivity index (χ0v) is 24.4. The van der Waals surface area contributed by atoms with Crippen molar-refractivity contribution in [2.45, 2.75) is 13.0 Å². The molecule has 0 spiro atoms. The molecule has 3 aromatic carbocycles. The Labute approximate surface area is 251 Å². The number of para-hydroxylation sites is 1. The van der Waals surface area contributed by atoms with Gasteiger partial charge in [-0.3, -0.25) is 9.47 Å². The molecule has 1 atom stereocenters. The second-order valence-electron chi connectivity index (χ2n) is 10.1. The van der Waals surface area contributed by atoms with E-state index in [0.29, 0.717) is 30.1 Å². The average molecular weight is 591 g/mol. The zero-order chi connectivity index (χ0) is 27.5. The first-order valence-electron chi connectivity index (χ1n) is 13.6. The van der Waals surface area contributed by atoms with Crippen LogP contribution in [0.1, 0.15) is 5.56 Å². The Morgan fingerprint density at radius 2 is 1.61 bits per heavy atom. The molecule has 5 aromatic rings. The van der Waals surface area contributed by atoms with Gasteiger partial charge in [0, 0.05) is 61.2 Å². The Hall–Kier alpha value is -3.69. The number of hydrogen-bond acceptors (Lipinski definition) is 7. The first kappa shape index (κ1) is 28.8. The summed E-state index contributed by atoms with van der Waals surface area (Å²) >= 11 is 6.33. The van der Waals surface area contributed by atoms with Gasteiger partial charge in [0.1, 0.15) is 12.2 Å². The normalized spacial score (nSPS) is 14.6. The van der Waals surface area contributed by atoms with Crippen LogP contribution < -0.4 is 10.2 Å². The van der Waals surface area contributed by atoms with E-state index < -0.39 is 6.10 Å². The highest BCUT2D eigenvalue weighted by Gasteiger charge is 2.22. The predicted molar refractivity (Wildman–Crippen MR) is 169 cm³/mol. The molecule has 1 aliphatic heterocycles. The Bertz CT molecular complexity index is 1590. The van der Waals surface area contributed by atoms with Gasteiger partial charge >= 0.3 is 0 Å². The maximum atomic E-state index is 10.9. The summed E-state index contributed by atoms with van der Waals surface area (Å²) in [5, 5.41) is 15.0. The van der Waals surface area contributed by atoms with Crippen molar-refractivity contribution in [3.05, 3.63) is 95.8 Å². The number of imidazole rings is 1. The van der Waals surface area contributed by atoms with Gasteiger partial charge in [-0.2, -0.15) is 0 Å². The molecular weight excluding hydrogens is 557 g/mol. The van der Waals surface area contributed by atoms with Gasteiger partial charge in [-0.05, 0) is 36.8 Å². The minimum atomic E-state index is -0.561. The van der Waals surface area contributed by atoms with Crippen LogP contribution in [0.4, 0.5) is 11.5 Å². The van der Waals surface area contributed by atoms with E-state index in [4.69, 9.17) is 16.6 Å². The Morgan fingerprint density at radius 3 is 2.34 bits per heavy atom. The molecule has 1 saturated heterocycles. The number of β-amino-alcohol motifs (C(OH)–C–C–N with tert-alkyl or cyclic N) is 1. The number of rotatable bonds is 8. The van der Waals surface area contributed by atoms with E-state index in [2.05, 4.69) is 42.6 Å². The molecule has 0 aliphatic carbocycles. The van der Waals surface area contributed by atoms with Crippen molar-refractivity contribution in [3.8, 4) is 17.1 Å². The summed E-state index contributed by atoms with van der Waals surface area (Å²) in [6.07, 6.45) is 0.985. The van der Waals surface area contributed by atoms with Crippen LogP contribution in [0.15, 0.2) is 85.2 Å². The highest BCUT2D eigenvalue weighted by Crippen LogP contribution is 2.30. The van der Waals surface area contributed by atoms with Crippen LogP contribution in [-0.4, -0.2) is 74.9 Å². The molecular formula is C31H33Cl2N7O. The fourth-order valence-corrected chi connectivity index (χ4v) is 5.48. The number of anilines is 2. The first-order valence-corrected chi connectivity index (χ1v) is 13.9. The van der Waals surface area contributed by atoms with Gasteiger partial charge in [0.2, 0.25) is 0 Å². The third-order valence-corrected chi connectivity index (χ3v) is 7.83. The standard InChI is InChI=1S/C31H32ClN7O.ClH/c1-22-26(32)13-8-14-27(22)38-17-15-37(16-18-38)20-25(40)19-33-29-28-31(35-21-34-29)39(24-11-6-3-7-12-24)30(36-28)23-9-4-2-5-10-23;/h2-14,21,25,40H,15-20H2,1H3,(H,33,34,35);1H. The zero-order valence-electron chi connectivity index (χ0n) is 22.8. The summed E-state index contributed by atoms with van der Waals surface area (Å²) < 4.78 is 2.05. The van der Waals surface area contributed by atoms with Gasteiger partial charge < -0.3 is 15.3 Å². The maximum Gasteiger partial charge on any atom is 0.170 e. The maximum absolute atomic E-state index is 10.9. The number of aliphatic hydroxyl groups is 1. The van der Waals surface area contributed by atoms with Gasteiger partial charge in [0.15, 0.2) is 17.0 Å². The molecule has 1 unspecified atom stereocenters. The van der Waals surface area contributed by atoms with Gasteiger partial charge in [0.25, 0.3) is 0 Å². The monoisotopic (exact) mass is 589 g/mol. The third kappa shape index (κ3) is 6.16. The third-order valence-electron chi connectivity index (χ3n) is 7.42. The van der Waals surface area contributed by atoms with Crippen molar-refractivity contribution in [1.82, 2.24) is 24.4 Å². The number of aliphatic hydroxyl groups excluding tert-OH is 1. The van der Waals surface area contributed by atoms with E-state index in [0.717, 1.165) is 53.8 Å². The van der Waals surface area contributed by atoms with Crippen LogP contribution in [0.3, 0.4) is 0 Å². The summed E-state index contributed by atoms with van der Waals surface area (Å²) in [5.41, 5.74) is 5.64. The number of piperazine rings is 1.